The Kier molecular flexibility index (Phi) is 22.9. The zero-order valence-electron chi connectivity index (χ0n) is 18.0. The van der Waals surface area contributed by atoms with E-state index in [1.807, 2.05) is 0 Å². The van der Waals surface area contributed by atoms with Gasteiger partial charge < -0.3 is 10.2 Å². The number of aliphatic hydroxyl groups excluding tert-OH is 2. The highest BCUT2D eigenvalue weighted by Crippen LogP contribution is 2.16. The second kappa shape index (κ2) is 23.0. The van der Waals surface area contributed by atoms with Gasteiger partial charge in [-0.2, -0.15) is 0 Å². The zero-order valence-corrected chi connectivity index (χ0v) is 18.0. The first kappa shape index (κ1) is 25.9. The Morgan fingerprint density at radius 1 is 0.462 bits per heavy atom. The summed E-state index contributed by atoms with van der Waals surface area (Å²) in [7, 11) is 0. The fourth-order valence-electron chi connectivity index (χ4n) is 3.84. The van der Waals surface area contributed by atoms with Gasteiger partial charge in [-0.1, -0.05) is 122 Å². The summed E-state index contributed by atoms with van der Waals surface area (Å²) in [6.07, 6.45) is 27.2. The maximum Gasteiger partial charge on any atom is 0.0460 e. The molecule has 0 aliphatic carbocycles. The van der Waals surface area contributed by atoms with Crippen LogP contribution in [0, 0.1) is 5.92 Å². The fraction of sp³-hybridized carbons (Fsp3) is 1.00. The van der Waals surface area contributed by atoms with Crippen LogP contribution in [0.3, 0.4) is 0 Å². The van der Waals surface area contributed by atoms with Gasteiger partial charge in [0, 0.05) is 13.2 Å². The van der Waals surface area contributed by atoms with E-state index < -0.39 is 0 Å². The van der Waals surface area contributed by atoms with Crippen molar-refractivity contribution in [3.05, 3.63) is 0 Å². The number of aliphatic hydroxyl groups is 2. The van der Waals surface area contributed by atoms with Crippen molar-refractivity contribution >= 4 is 0 Å². The van der Waals surface area contributed by atoms with E-state index >= 15 is 0 Å². The van der Waals surface area contributed by atoms with Crippen molar-refractivity contribution in [1.82, 2.24) is 0 Å². The Labute approximate surface area is 165 Å². The highest BCUT2D eigenvalue weighted by atomic mass is 16.3. The predicted octanol–water partition coefficient (Wildman–Crippen LogP) is 7.41. The van der Waals surface area contributed by atoms with Crippen LogP contribution in [0.15, 0.2) is 0 Å². The SMILES string of the molecule is CCCCCCCCCCCCCCCCCCCCC(CO)CCO. The molecule has 0 aromatic heterocycles. The number of rotatable bonds is 22. The van der Waals surface area contributed by atoms with E-state index in [4.69, 9.17) is 5.11 Å². The van der Waals surface area contributed by atoms with Crippen LogP contribution >= 0.6 is 0 Å². The lowest BCUT2D eigenvalue weighted by Crippen LogP contribution is -2.07. The maximum atomic E-state index is 9.19. The molecule has 1 unspecified atom stereocenters. The minimum Gasteiger partial charge on any atom is -0.396 e. The minimum atomic E-state index is 0.213. The first-order valence-electron chi connectivity index (χ1n) is 12.1. The van der Waals surface area contributed by atoms with Gasteiger partial charge >= 0.3 is 0 Å². The molecule has 0 rings (SSSR count). The number of unbranched alkanes of at least 4 members (excludes halogenated alkanes) is 17. The van der Waals surface area contributed by atoms with Crippen molar-refractivity contribution in [2.24, 2.45) is 5.92 Å². The summed E-state index contributed by atoms with van der Waals surface area (Å²) in [6.45, 7) is 2.74. The second-order valence-corrected chi connectivity index (χ2v) is 8.36. The lowest BCUT2D eigenvalue weighted by molar-refractivity contribution is 0.174. The highest BCUT2D eigenvalue weighted by molar-refractivity contribution is 4.58. The summed E-state index contributed by atoms with van der Waals surface area (Å²) >= 11 is 0. The molecule has 2 heteroatoms. The Hall–Kier alpha value is -0.0800. The van der Waals surface area contributed by atoms with Crippen LogP contribution in [0.1, 0.15) is 135 Å². The van der Waals surface area contributed by atoms with Crippen LogP contribution in [0.25, 0.3) is 0 Å². The zero-order chi connectivity index (χ0) is 19.1. The van der Waals surface area contributed by atoms with Crippen LogP contribution in [0.2, 0.25) is 0 Å². The Balaban J connectivity index is 3.07. The van der Waals surface area contributed by atoms with Gasteiger partial charge in [0.05, 0.1) is 0 Å². The third kappa shape index (κ3) is 20.2. The number of hydrogen-bond donors (Lipinski definition) is 2. The van der Waals surface area contributed by atoms with Crippen molar-refractivity contribution in [3.63, 3.8) is 0 Å². The molecular weight excluding hydrogens is 320 g/mol. The van der Waals surface area contributed by atoms with Gasteiger partial charge in [-0.3, -0.25) is 0 Å². The molecule has 0 amide bonds. The van der Waals surface area contributed by atoms with E-state index in [0.29, 0.717) is 5.92 Å². The van der Waals surface area contributed by atoms with Crippen molar-refractivity contribution < 1.29 is 10.2 Å². The molecule has 158 valence electrons. The van der Waals surface area contributed by atoms with E-state index in [1.54, 1.807) is 0 Å². The van der Waals surface area contributed by atoms with Gasteiger partial charge in [-0.05, 0) is 18.8 Å². The largest absolute Gasteiger partial charge is 0.396 e. The van der Waals surface area contributed by atoms with Gasteiger partial charge in [0.1, 0.15) is 0 Å². The molecule has 2 N–H and O–H groups in total. The van der Waals surface area contributed by atoms with Crippen molar-refractivity contribution in [3.8, 4) is 0 Å². The average molecular weight is 371 g/mol. The molecule has 0 bridgehead atoms. The summed E-state index contributed by atoms with van der Waals surface area (Å²) in [5.41, 5.74) is 0. The third-order valence-electron chi connectivity index (χ3n) is 5.76. The molecule has 26 heavy (non-hydrogen) atoms. The van der Waals surface area contributed by atoms with E-state index in [9.17, 15) is 5.11 Å². The Morgan fingerprint density at radius 2 is 0.808 bits per heavy atom. The molecule has 0 fully saturated rings. The third-order valence-corrected chi connectivity index (χ3v) is 5.76. The summed E-state index contributed by atoms with van der Waals surface area (Å²) in [5, 5.41) is 18.1. The van der Waals surface area contributed by atoms with E-state index in [-0.39, 0.29) is 13.2 Å². The van der Waals surface area contributed by atoms with Crippen LogP contribution in [-0.4, -0.2) is 23.4 Å². The highest BCUT2D eigenvalue weighted by Gasteiger charge is 2.05. The summed E-state index contributed by atoms with van der Waals surface area (Å²) in [5.74, 6) is 0.320. The number of hydrogen-bond acceptors (Lipinski definition) is 2. The van der Waals surface area contributed by atoms with Crippen LogP contribution < -0.4 is 0 Å². The average Bonchev–Trinajstić information content (AvgIpc) is 2.66. The molecule has 0 spiro atoms. The van der Waals surface area contributed by atoms with E-state index in [2.05, 4.69) is 6.92 Å². The van der Waals surface area contributed by atoms with Gasteiger partial charge in [0.15, 0.2) is 0 Å². The standard InChI is InChI=1S/C24H50O2/c1-2-3-4-5-6-7-8-9-10-11-12-13-14-15-16-17-18-19-20-24(23-26)21-22-25/h24-26H,2-23H2,1H3. The summed E-state index contributed by atoms with van der Waals surface area (Å²) < 4.78 is 0. The van der Waals surface area contributed by atoms with Crippen molar-refractivity contribution in [1.29, 1.82) is 0 Å². The lowest BCUT2D eigenvalue weighted by Gasteiger charge is -2.11. The molecule has 0 heterocycles. The molecule has 0 saturated heterocycles. The Bertz CT molecular complexity index is 242. The molecular formula is C24H50O2. The second-order valence-electron chi connectivity index (χ2n) is 8.36. The molecule has 0 aromatic rings. The van der Waals surface area contributed by atoms with Crippen LogP contribution in [0.5, 0.6) is 0 Å². The van der Waals surface area contributed by atoms with Crippen molar-refractivity contribution in [2.45, 2.75) is 135 Å². The fourth-order valence-corrected chi connectivity index (χ4v) is 3.84. The summed E-state index contributed by atoms with van der Waals surface area (Å²) in [4.78, 5) is 0. The molecule has 0 aromatic carbocycles. The lowest BCUT2D eigenvalue weighted by atomic mass is 9.98. The van der Waals surface area contributed by atoms with Gasteiger partial charge in [-0.15, -0.1) is 0 Å². The maximum absolute atomic E-state index is 9.19. The van der Waals surface area contributed by atoms with Gasteiger partial charge in [0.2, 0.25) is 0 Å². The molecule has 0 aliphatic rings. The van der Waals surface area contributed by atoms with Crippen LogP contribution in [-0.2, 0) is 0 Å². The van der Waals surface area contributed by atoms with E-state index in [1.165, 1.54) is 116 Å². The molecule has 0 radical (unpaired) electrons. The summed E-state index contributed by atoms with van der Waals surface area (Å²) in [6, 6.07) is 0. The monoisotopic (exact) mass is 370 g/mol. The first-order valence-corrected chi connectivity index (χ1v) is 12.1. The molecule has 2 nitrogen and oxygen atoms in total. The molecule has 1 atom stereocenters. The topological polar surface area (TPSA) is 40.5 Å². The smallest absolute Gasteiger partial charge is 0.0460 e. The Morgan fingerprint density at radius 3 is 1.12 bits per heavy atom. The van der Waals surface area contributed by atoms with Crippen molar-refractivity contribution in [2.75, 3.05) is 13.2 Å². The minimum absolute atomic E-state index is 0.213. The quantitative estimate of drug-likeness (QED) is 0.195. The van der Waals surface area contributed by atoms with Gasteiger partial charge in [0.25, 0.3) is 0 Å². The molecule has 0 aliphatic heterocycles. The van der Waals surface area contributed by atoms with Crippen LogP contribution in [0.4, 0.5) is 0 Å². The molecule has 0 saturated carbocycles. The normalized spacial score (nSPS) is 12.6. The van der Waals surface area contributed by atoms with E-state index in [0.717, 1.165) is 12.8 Å². The first-order chi connectivity index (χ1) is 12.8. The van der Waals surface area contributed by atoms with Gasteiger partial charge in [-0.25, -0.2) is 0 Å². The predicted molar refractivity (Wildman–Crippen MR) is 116 cm³/mol.